The van der Waals surface area contributed by atoms with Crippen LogP contribution in [0.15, 0.2) is 59.7 Å². The van der Waals surface area contributed by atoms with Crippen LogP contribution in [0.25, 0.3) is 10.8 Å². The fourth-order valence-electron chi connectivity index (χ4n) is 4.65. The van der Waals surface area contributed by atoms with Crippen LogP contribution in [0.1, 0.15) is 30.1 Å². The molecule has 3 unspecified atom stereocenters. The smallest absolute Gasteiger partial charge is 0.272 e. The van der Waals surface area contributed by atoms with E-state index in [1.165, 1.54) is 12.1 Å². The van der Waals surface area contributed by atoms with Gasteiger partial charge in [0, 0.05) is 37.1 Å². The minimum absolute atomic E-state index is 0.0116. The van der Waals surface area contributed by atoms with Crippen LogP contribution >= 0.6 is 0 Å². The van der Waals surface area contributed by atoms with E-state index in [0.29, 0.717) is 5.39 Å². The zero-order valence-corrected chi connectivity index (χ0v) is 16.3. The summed E-state index contributed by atoms with van der Waals surface area (Å²) in [5, 5.41) is 12.3. The highest BCUT2D eigenvalue weighted by molar-refractivity contribution is 5.97. The molecule has 0 saturated heterocycles. The van der Waals surface area contributed by atoms with Crippen molar-refractivity contribution in [2.45, 2.75) is 25.0 Å². The SMILES string of the molecule is CCN1C=CN(C)C1C1c2n[nH]c(=O)c3cccc(c23)NC1c1ccc(F)cc1. The molecule has 2 aliphatic heterocycles. The van der Waals surface area contributed by atoms with Crippen LogP contribution in [0, 0.1) is 5.82 Å². The number of nitrogens with one attached hydrogen (secondary N) is 2. The molecule has 6 nitrogen and oxygen atoms in total. The van der Waals surface area contributed by atoms with Gasteiger partial charge in [0.1, 0.15) is 12.0 Å². The molecule has 0 bridgehead atoms. The van der Waals surface area contributed by atoms with Crippen LogP contribution in [-0.2, 0) is 0 Å². The molecule has 29 heavy (non-hydrogen) atoms. The van der Waals surface area contributed by atoms with Gasteiger partial charge < -0.3 is 15.1 Å². The summed E-state index contributed by atoms with van der Waals surface area (Å²) >= 11 is 0. The molecule has 3 aromatic rings. The molecule has 0 aliphatic carbocycles. The summed E-state index contributed by atoms with van der Waals surface area (Å²) in [4.78, 5) is 16.8. The summed E-state index contributed by atoms with van der Waals surface area (Å²) in [7, 11) is 2.04. The number of aromatic nitrogens is 2. The van der Waals surface area contributed by atoms with Crippen molar-refractivity contribution in [3.05, 3.63) is 82.3 Å². The lowest BCUT2D eigenvalue weighted by molar-refractivity contribution is 0.137. The molecule has 1 aromatic heterocycles. The first-order chi connectivity index (χ1) is 14.1. The van der Waals surface area contributed by atoms with E-state index in [-0.39, 0.29) is 29.5 Å². The Morgan fingerprint density at radius 1 is 1.14 bits per heavy atom. The second-order valence-electron chi connectivity index (χ2n) is 7.57. The molecule has 2 aliphatic rings. The number of anilines is 1. The average Bonchev–Trinajstić information content (AvgIpc) is 3.11. The monoisotopic (exact) mass is 391 g/mol. The summed E-state index contributed by atoms with van der Waals surface area (Å²) < 4.78 is 13.6. The van der Waals surface area contributed by atoms with Crippen molar-refractivity contribution in [2.24, 2.45) is 0 Å². The van der Waals surface area contributed by atoms with Crippen LogP contribution in [0.2, 0.25) is 0 Å². The molecule has 0 spiro atoms. The number of hydrogen-bond acceptors (Lipinski definition) is 5. The Kier molecular flexibility index (Phi) is 4.04. The third kappa shape index (κ3) is 2.68. The van der Waals surface area contributed by atoms with E-state index < -0.39 is 0 Å². The van der Waals surface area contributed by atoms with E-state index in [1.807, 2.05) is 37.4 Å². The molecule has 3 atom stereocenters. The lowest BCUT2D eigenvalue weighted by Crippen LogP contribution is -2.46. The van der Waals surface area contributed by atoms with Crippen molar-refractivity contribution in [1.29, 1.82) is 0 Å². The van der Waals surface area contributed by atoms with Gasteiger partial charge >= 0.3 is 0 Å². The number of benzene rings is 2. The van der Waals surface area contributed by atoms with Gasteiger partial charge in [-0.1, -0.05) is 18.2 Å². The van der Waals surface area contributed by atoms with Crippen molar-refractivity contribution >= 4 is 16.5 Å². The zero-order chi connectivity index (χ0) is 20.1. The standard InChI is InChI=1S/C22H22FN5O/c1-3-28-12-11-27(2)22(28)18-19(13-7-9-14(23)10-8-13)24-16-6-4-5-15-17(16)20(18)25-26-21(15)29/h4-12,18-19,22,24H,3H2,1-2H3,(H,26,29). The predicted octanol–water partition coefficient (Wildman–Crippen LogP) is 3.38. The van der Waals surface area contributed by atoms with E-state index in [2.05, 4.69) is 44.6 Å². The number of likely N-dealkylation sites (N-methyl/N-ethyl adjacent to an activating group) is 2. The Morgan fingerprint density at radius 2 is 1.93 bits per heavy atom. The Hall–Kier alpha value is -3.35. The van der Waals surface area contributed by atoms with Gasteiger partial charge in [0.2, 0.25) is 0 Å². The quantitative estimate of drug-likeness (QED) is 0.717. The van der Waals surface area contributed by atoms with Crippen LogP contribution in [0.3, 0.4) is 0 Å². The molecule has 0 saturated carbocycles. The molecule has 2 N–H and O–H groups in total. The van der Waals surface area contributed by atoms with Crippen molar-refractivity contribution in [3.8, 4) is 0 Å². The van der Waals surface area contributed by atoms with Gasteiger partial charge in [-0.15, -0.1) is 0 Å². The first kappa shape index (κ1) is 17.7. The Bertz CT molecular complexity index is 1160. The van der Waals surface area contributed by atoms with Gasteiger partial charge in [-0.05, 0) is 36.8 Å². The fraction of sp³-hybridized carbons (Fsp3) is 0.273. The minimum Gasteiger partial charge on any atom is -0.377 e. The molecule has 2 aromatic carbocycles. The largest absolute Gasteiger partial charge is 0.377 e. The van der Waals surface area contributed by atoms with E-state index in [0.717, 1.165) is 28.9 Å². The van der Waals surface area contributed by atoms with Gasteiger partial charge in [0.05, 0.1) is 23.0 Å². The Balaban J connectivity index is 1.75. The van der Waals surface area contributed by atoms with Crippen LogP contribution < -0.4 is 10.9 Å². The molecular weight excluding hydrogens is 369 g/mol. The third-order valence-corrected chi connectivity index (χ3v) is 5.99. The van der Waals surface area contributed by atoms with Crippen molar-refractivity contribution < 1.29 is 4.39 Å². The van der Waals surface area contributed by atoms with E-state index in [4.69, 9.17) is 0 Å². The Labute approximate surface area is 167 Å². The zero-order valence-electron chi connectivity index (χ0n) is 16.3. The molecule has 0 fully saturated rings. The predicted molar refractivity (Wildman–Crippen MR) is 111 cm³/mol. The van der Waals surface area contributed by atoms with Crippen molar-refractivity contribution in [2.75, 3.05) is 18.9 Å². The maximum absolute atomic E-state index is 13.6. The van der Waals surface area contributed by atoms with Crippen LogP contribution in [0.5, 0.6) is 0 Å². The average molecular weight is 391 g/mol. The third-order valence-electron chi connectivity index (χ3n) is 5.99. The summed E-state index contributed by atoms with van der Waals surface area (Å²) in [6, 6.07) is 12.1. The van der Waals surface area contributed by atoms with Crippen molar-refractivity contribution in [1.82, 2.24) is 20.0 Å². The normalized spacial score (nSPS) is 22.9. The topological polar surface area (TPSA) is 64.3 Å². The summed E-state index contributed by atoms with van der Waals surface area (Å²) in [5.74, 6) is -0.351. The second-order valence-corrected chi connectivity index (χ2v) is 7.57. The first-order valence-corrected chi connectivity index (χ1v) is 9.78. The lowest BCUT2D eigenvalue weighted by Gasteiger charge is -2.43. The highest BCUT2D eigenvalue weighted by Crippen LogP contribution is 2.47. The van der Waals surface area contributed by atoms with E-state index >= 15 is 0 Å². The van der Waals surface area contributed by atoms with Gasteiger partial charge in [0.15, 0.2) is 0 Å². The summed E-state index contributed by atoms with van der Waals surface area (Å²) in [6.45, 7) is 2.95. The number of rotatable bonds is 3. The van der Waals surface area contributed by atoms with Gasteiger partial charge in [-0.2, -0.15) is 5.10 Å². The molecule has 0 radical (unpaired) electrons. The maximum atomic E-state index is 13.6. The number of nitrogens with zero attached hydrogens (tertiary/aromatic N) is 3. The van der Waals surface area contributed by atoms with Gasteiger partial charge in [0.25, 0.3) is 5.56 Å². The first-order valence-electron chi connectivity index (χ1n) is 9.78. The molecule has 0 amide bonds. The van der Waals surface area contributed by atoms with Crippen LogP contribution in [-0.4, -0.2) is 39.8 Å². The number of aromatic amines is 1. The maximum Gasteiger partial charge on any atom is 0.272 e. The highest BCUT2D eigenvalue weighted by atomic mass is 19.1. The minimum atomic E-state index is -0.263. The molecule has 148 valence electrons. The number of H-pyrrole nitrogens is 1. The molecule has 3 heterocycles. The Morgan fingerprint density at radius 3 is 2.69 bits per heavy atom. The van der Waals surface area contributed by atoms with Crippen LogP contribution in [0.4, 0.5) is 10.1 Å². The molecular formula is C22H22FN5O. The number of hydrogen-bond donors (Lipinski definition) is 2. The summed E-state index contributed by atoms with van der Waals surface area (Å²) in [6.07, 6.45) is 4.15. The molecule has 5 rings (SSSR count). The fourth-order valence-corrected chi connectivity index (χ4v) is 4.65. The van der Waals surface area contributed by atoms with Crippen molar-refractivity contribution in [3.63, 3.8) is 0 Å². The molecule has 7 heteroatoms. The van der Waals surface area contributed by atoms with E-state index in [9.17, 15) is 9.18 Å². The van der Waals surface area contributed by atoms with Gasteiger partial charge in [-0.3, -0.25) is 4.79 Å². The lowest BCUT2D eigenvalue weighted by atomic mass is 9.81. The summed E-state index contributed by atoms with van der Waals surface area (Å²) in [5.41, 5.74) is 2.50. The van der Waals surface area contributed by atoms with E-state index in [1.54, 1.807) is 0 Å². The number of halogens is 1. The highest BCUT2D eigenvalue weighted by Gasteiger charge is 2.43. The van der Waals surface area contributed by atoms with Gasteiger partial charge in [-0.25, -0.2) is 9.49 Å². The second kappa shape index (κ2) is 6.62.